The number of pyridine rings is 1. The van der Waals surface area contributed by atoms with Gasteiger partial charge in [-0.05, 0) is 31.0 Å². The molecule has 0 unspecified atom stereocenters. The fourth-order valence-electron chi connectivity index (χ4n) is 2.34. The van der Waals surface area contributed by atoms with Gasteiger partial charge in [0, 0.05) is 21.9 Å². The second-order valence-corrected chi connectivity index (χ2v) is 6.83. The maximum Gasteiger partial charge on any atom is 0.417 e. The number of aromatic nitrogens is 1. The molecule has 2 heterocycles. The van der Waals surface area contributed by atoms with Crippen molar-refractivity contribution in [2.45, 2.75) is 24.9 Å². The van der Waals surface area contributed by atoms with Crippen molar-refractivity contribution in [2.24, 2.45) is 5.10 Å². The van der Waals surface area contributed by atoms with E-state index < -0.39 is 11.7 Å². The van der Waals surface area contributed by atoms with Crippen LogP contribution in [0.15, 0.2) is 41.6 Å². The molecule has 1 N–H and O–H groups in total. The van der Waals surface area contributed by atoms with Gasteiger partial charge in [-0.1, -0.05) is 23.8 Å². The molecule has 0 radical (unpaired) electrons. The summed E-state index contributed by atoms with van der Waals surface area (Å²) in [6, 6.07) is 4.84. The van der Waals surface area contributed by atoms with Crippen LogP contribution in [0, 0.1) is 0 Å². The Labute approximate surface area is 145 Å². The minimum absolute atomic E-state index is 0.0800. The highest BCUT2D eigenvalue weighted by atomic mass is 35.5. The van der Waals surface area contributed by atoms with Crippen LogP contribution in [0.3, 0.4) is 0 Å². The highest BCUT2D eigenvalue weighted by molar-refractivity contribution is 7.13. The molecule has 0 bridgehead atoms. The number of allylic oxidation sites excluding steroid dienone is 2. The summed E-state index contributed by atoms with van der Waals surface area (Å²) in [5, 5.41) is 3.86. The van der Waals surface area contributed by atoms with Crippen LogP contribution in [0.5, 0.6) is 0 Å². The Morgan fingerprint density at radius 3 is 2.88 bits per heavy atom. The number of rotatable bonds is 4. The molecule has 0 saturated carbocycles. The van der Waals surface area contributed by atoms with Gasteiger partial charge in [-0.3, -0.25) is 5.43 Å². The molecule has 2 aromatic heterocycles. The summed E-state index contributed by atoms with van der Waals surface area (Å²) >= 11 is 7.44. The van der Waals surface area contributed by atoms with Crippen LogP contribution in [0.4, 0.5) is 19.0 Å². The topological polar surface area (TPSA) is 37.3 Å². The molecule has 126 valence electrons. The number of hydrogen-bond acceptors (Lipinski definition) is 4. The van der Waals surface area contributed by atoms with Crippen molar-refractivity contribution in [3.8, 4) is 0 Å². The van der Waals surface area contributed by atoms with Gasteiger partial charge in [0.1, 0.15) is 0 Å². The van der Waals surface area contributed by atoms with Crippen LogP contribution < -0.4 is 5.43 Å². The first kappa shape index (κ1) is 17.0. The lowest BCUT2D eigenvalue weighted by molar-refractivity contribution is -0.137. The quantitative estimate of drug-likeness (QED) is 0.425. The molecule has 24 heavy (non-hydrogen) atoms. The lowest BCUT2D eigenvalue weighted by atomic mass is 10.1. The maximum absolute atomic E-state index is 12.6. The van der Waals surface area contributed by atoms with Crippen molar-refractivity contribution in [1.82, 2.24) is 4.98 Å². The van der Waals surface area contributed by atoms with Gasteiger partial charge in [0.15, 0.2) is 5.82 Å². The van der Waals surface area contributed by atoms with Crippen molar-refractivity contribution in [3.05, 3.63) is 56.9 Å². The Morgan fingerprint density at radius 2 is 2.21 bits per heavy atom. The largest absolute Gasteiger partial charge is 0.417 e. The van der Waals surface area contributed by atoms with Crippen LogP contribution in [0.1, 0.15) is 34.1 Å². The van der Waals surface area contributed by atoms with E-state index in [0.29, 0.717) is 5.92 Å². The fraction of sp³-hybridized carbons (Fsp3) is 0.250. The molecular formula is C16H13ClF3N3S. The minimum atomic E-state index is -4.47. The first-order valence-electron chi connectivity index (χ1n) is 7.22. The molecule has 8 heteroatoms. The second-order valence-electron chi connectivity index (χ2n) is 5.27. The molecular weight excluding hydrogens is 359 g/mol. The van der Waals surface area contributed by atoms with E-state index in [1.54, 1.807) is 17.6 Å². The molecule has 0 saturated heterocycles. The van der Waals surface area contributed by atoms with E-state index in [9.17, 15) is 13.2 Å². The highest BCUT2D eigenvalue weighted by Crippen LogP contribution is 2.33. The van der Waals surface area contributed by atoms with Gasteiger partial charge in [0.05, 0.1) is 16.8 Å². The van der Waals surface area contributed by atoms with E-state index in [2.05, 4.69) is 33.7 Å². The third kappa shape index (κ3) is 3.96. The van der Waals surface area contributed by atoms with Crippen molar-refractivity contribution in [1.29, 1.82) is 0 Å². The smallest absolute Gasteiger partial charge is 0.260 e. The van der Waals surface area contributed by atoms with Gasteiger partial charge < -0.3 is 0 Å². The van der Waals surface area contributed by atoms with Gasteiger partial charge in [0.2, 0.25) is 0 Å². The SMILES string of the molecule is FC(F)(F)c1cnc(N/N=C\c2ccc([C@@H]3C=CCC3)s2)c(Cl)c1. The van der Waals surface area contributed by atoms with Gasteiger partial charge in [-0.25, -0.2) is 4.98 Å². The first-order valence-corrected chi connectivity index (χ1v) is 8.41. The zero-order valence-corrected chi connectivity index (χ0v) is 13.9. The third-order valence-corrected chi connectivity index (χ3v) is 5.00. The summed E-state index contributed by atoms with van der Waals surface area (Å²) in [5.74, 6) is 0.549. The average Bonchev–Trinajstić information content (AvgIpc) is 3.18. The Hall–Kier alpha value is -1.86. The summed E-state index contributed by atoms with van der Waals surface area (Å²) in [6.45, 7) is 0. The fourth-order valence-corrected chi connectivity index (χ4v) is 3.55. The summed E-state index contributed by atoms with van der Waals surface area (Å²) < 4.78 is 37.7. The number of thiophene rings is 1. The van der Waals surface area contributed by atoms with Crippen molar-refractivity contribution >= 4 is 35.0 Å². The predicted molar refractivity (Wildman–Crippen MR) is 90.9 cm³/mol. The molecule has 2 aromatic rings. The molecule has 1 aliphatic carbocycles. The Morgan fingerprint density at radius 1 is 1.38 bits per heavy atom. The standard InChI is InChI=1S/C16H13ClF3N3S/c17-13-7-11(16(18,19)20)8-21-15(13)23-22-9-12-5-6-14(24-12)10-3-1-2-4-10/h1,3,5-10H,2,4H2,(H,21,23)/b22-9-/t10-/m1/s1. The molecule has 1 atom stereocenters. The Kier molecular flexibility index (Phi) is 4.91. The van der Waals surface area contributed by atoms with Crippen LogP contribution in [-0.4, -0.2) is 11.2 Å². The van der Waals surface area contributed by atoms with Crippen molar-refractivity contribution < 1.29 is 13.2 Å². The van der Waals surface area contributed by atoms with Crippen LogP contribution in [0.2, 0.25) is 5.02 Å². The minimum Gasteiger partial charge on any atom is -0.260 e. The molecule has 0 aliphatic heterocycles. The van der Waals surface area contributed by atoms with Crippen molar-refractivity contribution in [3.63, 3.8) is 0 Å². The molecule has 0 amide bonds. The second kappa shape index (κ2) is 6.94. The van der Waals surface area contributed by atoms with Crippen molar-refractivity contribution in [2.75, 3.05) is 5.43 Å². The lowest BCUT2D eigenvalue weighted by Crippen LogP contribution is -2.06. The summed E-state index contributed by atoms with van der Waals surface area (Å²) in [6.07, 6.45) is 4.46. The molecule has 3 nitrogen and oxygen atoms in total. The number of hydrogen-bond donors (Lipinski definition) is 1. The van der Waals surface area contributed by atoms with E-state index in [4.69, 9.17) is 11.6 Å². The Bertz CT molecular complexity index is 783. The highest BCUT2D eigenvalue weighted by Gasteiger charge is 2.31. The number of anilines is 1. The van der Waals surface area contributed by atoms with E-state index in [-0.39, 0.29) is 10.8 Å². The number of nitrogens with one attached hydrogen (secondary N) is 1. The number of nitrogens with zero attached hydrogens (tertiary/aromatic N) is 2. The van der Waals surface area contributed by atoms with Crippen LogP contribution in [0.25, 0.3) is 0 Å². The van der Waals surface area contributed by atoms with Gasteiger partial charge in [-0.15, -0.1) is 11.3 Å². The molecule has 0 aromatic carbocycles. The molecule has 0 fully saturated rings. The maximum atomic E-state index is 12.6. The van der Waals surface area contributed by atoms with Gasteiger partial charge in [0.25, 0.3) is 0 Å². The monoisotopic (exact) mass is 371 g/mol. The van der Waals surface area contributed by atoms with Crippen LogP contribution in [-0.2, 0) is 6.18 Å². The third-order valence-electron chi connectivity index (χ3n) is 3.56. The zero-order valence-electron chi connectivity index (χ0n) is 12.3. The summed E-state index contributed by atoms with van der Waals surface area (Å²) in [7, 11) is 0. The normalized spacial score (nSPS) is 17.8. The molecule has 1 aliphatic rings. The summed E-state index contributed by atoms with van der Waals surface area (Å²) in [5.41, 5.74) is 1.68. The van der Waals surface area contributed by atoms with Gasteiger partial charge in [-0.2, -0.15) is 18.3 Å². The van der Waals surface area contributed by atoms with Crippen LogP contribution >= 0.6 is 22.9 Å². The summed E-state index contributed by atoms with van der Waals surface area (Å²) in [4.78, 5) is 5.88. The molecule has 3 rings (SSSR count). The first-order chi connectivity index (χ1) is 11.4. The van der Waals surface area contributed by atoms with E-state index in [1.807, 2.05) is 6.07 Å². The van der Waals surface area contributed by atoms with Gasteiger partial charge >= 0.3 is 6.18 Å². The average molecular weight is 372 g/mol. The van der Waals surface area contributed by atoms with E-state index in [1.165, 1.54) is 4.88 Å². The lowest BCUT2D eigenvalue weighted by Gasteiger charge is -2.08. The van der Waals surface area contributed by atoms with E-state index >= 15 is 0 Å². The van der Waals surface area contributed by atoms with E-state index in [0.717, 1.165) is 30.0 Å². The Balaban J connectivity index is 1.65. The number of hydrazone groups is 1. The predicted octanol–water partition coefficient (Wildman–Crippen LogP) is 5.69. The number of alkyl halides is 3. The number of halogens is 4. The zero-order chi connectivity index (χ0) is 17.2. The molecule has 0 spiro atoms.